The third-order valence-electron chi connectivity index (χ3n) is 2.66. The largest absolute Gasteiger partial charge is 0.481 e. The Morgan fingerprint density at radius 2 is 2.15 bits per heavy atom. The van der Waals surface area contributed by atoms with E-state index in [1.165, 1.54) is 0 Å². The Hall–Kier alpha value is -1.59. The Balaban J connectivity index is 1.97. The lowest BCUT2D eigenvalue weighted by Crippen LogP contribution is -1.96. The number of aryl methyl sites for hydroxylation is 1. The SMILES string of the molecule is O=C(O)CCCc1nc(Cc2ccc(Cl)cc2Cl)no1. The van der Waals surface area contributed by atoms with Gasteiger partial charge in [0, 0.05) is 29.3 Å². The van der Waals surface area contributed by atoms with E-state index in [0.717, 1.165) is 5.56 Å². The van der Waals surface area contributed by atoms with Crippen LogP contribution in [0, 0.1) is 0 Å². The number of hydrogen-bond donors (Lipinski definition) is 1. The summed E-state index contributed by atoms with van der Waals surface area (Å²) in [6, 6.07) is 5.22. The molecule has 2 rings (SSSR count). The zero-order valence-electron chi connectivity index (χ0n) is 10.5. The maximum atomic E-state index is 10.4. The Bertz CT molecular complexity index is 613. The molecule has 0 saturated heterocycles. The second-order valence-electron chi connectivity index (χ2n) is 4.26. The molecule has 0 aliphatic rings. The molecule has 106 valence electrons. The summed E-state index contributed by atoms with van der Waals surface area (Å²) >= 11 is 11.9. The number of halogens is 2. The van der Waals surface area contributed by atoms with E-state index >= 15 is 0 Å². The van der Waals surface area contributed by atoms with E-state index < -0.39 is 5.97 Å². The second-order valence-corrected chi connectivity index (χ2v) is 5.11. The number of nitrogens with zero attached hydrogens (tertiary/aromatic N) is 2. The molecular weight excluding hydrogens is 303 g/mol. The van der Waals surface area contributed by atoms with Gasteiger partial charge in [0.1, 0.15) is 0 Å². The first-order chi connectivity index (χ1) is 9.54. The molecule has 2 aromatic rings. The zero-order chi connectivity index (χ0) is 14.5. The summed E-state index contributed by atoms with van der Waals surface area (Å²) in [6.45, 7) is 0. The molecule has 0 bridgehead atoms. The summed E-state index contributed by atoms with van der Waals surface area (Å²) in [5.74, 6) is 0.114. The lowest BCUT2D eigenvalue weighted by atomic mass is 10.1. The van der Waals surface area contributed by atoms with Crippen molar-refractivity contribution in [3.63, 3.8) is 0 Å². The van der Waals surface area contributed by atoms with Crippen molar-refractivity contribution in [1.82, 2.24) is 10.1 Å². The number of carboxylic acids is 1. The van der Waals surface area contributed by atoms with Gasteiger partial charge < -0.3 is 9.63 Å². The van der Waals surface area contributed by atoms with Crippen molar-refractivity contribution >= 4 is 29.2 Å². The smallest absolute Gasteiger partial charge is 0.303 e. The van der Waals surface area contributed by atoms with Crippen LogP contribution in [0.15, 0.2) is 22.7 Å². The van der Waals surface area contributed by atoms with Crippen molar-refractivity contribution in [3.8, 4) is 0 Å². The molecule has 20 heavy (non-hydrogen) atoms. The van der Waals surface area contributed by atoms with Crippen molar-refractivity contribution in [2.45, 2.75) is 25.7 Å². The highest BCUT2D eigenvalue weighted by molar-refractivity contribution is 6.35. The molecule has 1 heterocycles. The minimum Gasteiger partial charge on any atom is -0.481 e. The highest BCUT2D eigenvalue weighted by Gasteiger charge is 2.10. The summed E-state index contributed by atoms with van der Waals surface area (Å²) in [4.78, 5) is 14.6. The van der Waals surface area contributed by atoms with Crippen LogP contribution in [-0.4, -0.2) is 21.2 Å². The lowest BCUT2D eigenvalue weighted by molar-refractivity contribution is -0.137. The van der Waals surface area contributed by atoms with E-state index in [1.807, 2.05) is 6.07 Å². The minimum absolute atomic E-state index is 0.0841. The van der Waals surface area contributed by atoms with E-state index in [-0.39, 0.29) is 6.42 Å². The van der Waals surface area contributed by atoms with E-state index in [1.54, 1.807) is 12.1 Å². The Kier molecular flexibility index (Phi) is 4.98. The van der Waals surface area contributed by atoms with Crippen LogP contribution < -0.4 is 0 Å². The molecule has 5 nitrogen and oxygen atoms in total. The van der Waals surface area contributed by atoms with Gasteiger partial charge in [0.2, 0.25) is 5.89 Å². The van der Waals surface area contributed by atoms with Gasteiger partial charge >= 0.3 is 5.97 Å². The van der Waals surface area contributed by atoms with Crippen molar-refractivity contribution in [3.05, 3.63) is 45.5 Å². The maximum absolute atomic E-state index is 10.4. The lowest BCUT2D eigenvalue weighted by Gasteiger charge is -2.00. The molecule has 0 amide bonds. The van der Waals surface area contributed by atoms with Crippen LogP contribution in [0.4, 0.5) is 0 Å². The van der Waals surface area contributed by atoms with Gasteiger partial charge in [-0.2, -0.15) is 4.98 Å². The monoisotopic (exact) mass is 314 g/mol. The van der Waals surface area contributed by atoms with Gasteiger partial charge in [0.05, 0.1) is 0 Å². The van der Waals surface area contributed by atoms with E-state index in [0.29, 0.717) is 41.0 Å². The molecule has 0 atom stereocenters. The van der Waals surface area contributed by atoms with Crippen molar-refractivity contribution in [2.24, 2.45) is 0 Å². The summed E-state index contributed by atoms with van der Waals surface area (Å²) in [7, 11) is 0. The van der Waals surface area contributed by atoms with Crippen molar-refractivity contribution in [2.75, 3.05) is 0 Å². The second kappa shape index (κ2) is 6.72. The van der Waals surface area contributed by atoms with Gasteiger partial charge in [-0.3, -0.25) is 4.79 Å². The normalized spacial score (nSPS) is 10.7. The van der Waals surface area contributed by atoms with Gasteiger partial charge in [0.15, 0.2) is 5.82 Å². The number of rotatable bonds is 6. The van der Waals surface area contributed by atoms with Gasteiger partial charge in [-0.25, -0.2) is 0 Å². The molecule has 0 spiro atoms. The summed E-state index contributed by atoms with van der Waals surface area (Å²) in [5, 5.41) is 13.5. The molecule has 0 fully saturated rings. The number of hydrogen-bond acceptors (Lipinski definition) is 4. The van der Waals surface area contributed by atoms with Crippen LogP contribution in [0.25, 0.3) is 0 Å². The molecule has 0 aliphatic carbocycles. The molecule has 0 aliphatic heterocycles. The average molecular weight is 315 g/mol. The van der Waals surface area contributed by atoms with Crippen molar-refractivity contribution in [1.29, 1.82) is 0 Å². The number of carbonyl (C=O) groups is 1. The minimum atomic E-state index is -0.835. The molecule has 7 heteroatoms. The van der Waals surface area contributed by atoms with Crippen LogP contribution >= 0.6 is 23.2 Å². The van der Waals surface area contributed by atoms with Gasteiger partial charge in [0.25, 0.3) is 0 Å². The fourth-order valence-corrected chi connectivity index (χ4v) is 2.17. The van der Waals surface area contributed by atoms with Gasteiger partial charge in [-0.1, -0.05) is 34.4 Å². The Labute approximate surface area is 125 Å². The maximum Gasteiger partial charge on any atom is 0.303 e. The predicted octanol–water partition coefficient (Wildman–Crippen LogP) is 3.37. The topological polar surface area (TPSA) is 76.2 Å². The first-order valence-electron chi connectivity index (χ1n) is 6.02. The van der Waals surface area contributed by atoms with E-state index in [4.69, 9.17) is 32.8 Å². The molecule has 0 radical (unpaired) electrons. The first kappa shape index (κ1) is 14.8. The average Bonchev–Trinajstić information content (AvgIpc) is 2.80. The van der Waals surface area contributed by atoms with E-state index in [2.05, 4.69) is 10.1 Å². The highest BCUT2D eigenvalue weighted by Crippen LogP contribution is 2.22. The summed E-state index contributed by atoms with van der Waals surface area (Å²) in [5.41, 5.74) is 0.856. The zero-order valence-corrected chi connectivity index (χ0v) is 12.0. The number of aliphatic carboxylic acids is 1. The molecule has 1 N–H and O–H groups in total. The molecule has 1 aromatic carbocycles. The number of benzene rings is 1. The van der Waals surface area contributed by atoms with Crippen LogP contribution in [0.2, 0.25) is 10.0 Å². The molecule has 0 unspecified atom stereocenters. The predicted molar refractivity (Wildman–Crippen MR) is 74.1 cm³/mol. The van der Waals surface area contributed by atoms with Gasteiger partial charge in [-0.15, -0.1) is 0 Å². The molecular formula is C13H12Cl2N2O3. The Morgan fingerprint density at radius 1 is 1.35 bits per heavy atom. The standard InChI is InChI=1S/C13H12Cl2N2O3/c14-9-5-4-8(10(15)7-9)6-11-16-12(20-17-11)2-1-3-13(18)19/h4-5,7H,1-3,6H2,(H,18,19). The van der Waals surface area contributed by atoms with Crippen LogP contribution in [-0.2, 0) is 17.6 Å². The third-order valence-corrected chi connectivity index (χ3v) is 3.24. The van der Waals surface area contributed by atoms with Crippen LogP contribution in [0.5, 0.6) is 0 Å². The number of aromatic nitrogens is 2. The fraction of sp³-hybridized carbons (Fsp3) is 0.308. The highest BCUT2D eigenvalue weighted by atomic mass is 35.5. The fourth-order valence-electron chi connectivity index (χ4n) is 1.69. The first-order valence-corrected chi connectivity index (χ1v) is 6.77. The summed E-state index contributed by atoms with van der Waals surface area (Å²) in [6.07, 6.45) is 1.45. The quantitative estimate of drug-likeness (QED) is 0.884. The van der Waals surface area contributed by atoms with E-state index in [9.17, 15) is 4.79 Å². The molecule has 1 aromatic heterocycles. The van der Waals surface area contributed by atoms with Crippen molar-refractivity contribution < 1.29 is 14.4 Å². The third kappa shape index (κ3) is 4.21. The molecule has 0 saturated carbocycles. The van der Waals surface area contributed by atoms with Crippen LogP contribution in [0.1, 0.15) is 30.1 Å². The summed E-state index contributed by atoms with van der Waals surface area (Å²) < 4.78 is 5.06. The van der Waals surface area contributed by atoms with Crippen LogP contribution in [0.3, 0.4) is 0 Å². The number of carboxylic acid groups (broad SMARTS) is 1. The van der Waals surface area contributed by atoms with Gasteiger partial charge in [-0.05, 0) is 24.1 Å². The Morgan fingerprint density at radius 3 is 2.85 bits per heavy atom.